The Hall–Kier alpha value is -2.69. The van der Waals surface area contributed by atoms with Crippen LogP contribution in [0.5, 0.6) is 0 Å². The summed E-state index contributed by atoms with van der Waals surface area (Å²) in [7, 11) is 0. The molecule has 0 radical (unpaired) electrons. The van der Waals surface area contributed by atoms with E-state index in [-0.39, 0.29) is 11.9 Å². The molecule has 1 atom stereocenters. The molecule has 2 aromatic carbocycles. The normalized spacial score (nSPS) is 11.6. The van der Waals surface area contributed by atoms with Gasteiger partial charge in [-0.3, -0.25) is 9.59 Å². The maximum Gasteiger partial charge on any atom is 0.255 e. The predicted molar refractivity (Wildman–Crippen MR) is 88.0 cm³/mol. The van der Waals surface area contributed by atoms with Crippen LogP contribution in [0.15, 0.2) is 48.5 Å². The van der Waals surface area contributed by atoms with Crippen LogP contribution < -0.4 is 10.6 Å². The smallest absolute Gasteiger partial charge is 0.255 e. The van der Waals surface area contributed by atoms with Crippen LogP contribution in [0, 0.1) is 5.82 Å². The highest BCUT2D eigenvalue weighted by Crippen LogP contribution is 2.17. The van der Waals surface area contributed by atoms with Gasteiger partial charge in [0, 0.05) is 11.6 Å². The molecule has 0 saturated carbocycles. The minimum Gasteiger partial charge on any atom is -0.350 e. The number of benzene rings is 2. The molecule has 0 heterocycles. The lowest BCUT2D eigenvalue weighted by molar-refractivity contribution is 0.0940. The second kappa shape index (κ2) is 7.54. The second-order valence-electron chi connectivity index (χ2n) is 5.29. The maximum absolute atomic E-state index is 12.9. The molecule has 0 aromatic heterocycles. The maximum atomic E-state index is 12.9. The number of hydrogen-bond donors (Lipinski definition) is 2. The van der Waals surface area contributed by atoms with E-state index in [2.05, 4.69) is 10.6 Å². The van der Waals surface area contributed by atoms with Crippen molar-refractivity contribution in [3.05, 3.63) is 65.5 Å². The van der Waals surface area contributed by atoms with Gasteiger partial charge in [0.1, 0.15) is 5.82 Å². The molecule has 2 rings (SSSR count). The van der Waals surface area contributed by atoms with Crippen LogP contribution in [0.1, 0.15) is 41.0 Å². The first-order chi connectivity index (χ1) is 11.0. The fraction of sp³-hybridized carbons (Fsp3) is 0.222. The molecule has 2 N–H and O–H groups in total. The summed E-state index contributed by atoms with van der Waals surface area (Å²) in [4.78, 5) is 24.5. The lowest BCUT2D eigenvalue weighted by Gasteiger charge is -2.14. The quantitative estimate of drug-likeness (QED) is 0.886. The Morgan fingerprint density at radius 3 is 2.35 bits per heavy atom. The highest BCUT2D eigenvalue weighted by Gasteiger charge is 2.15. The highest BCUT2D eigenvalue weighted by atomic mass is 19.1. The average Bonchev–Trinajstić information content (AvgIpc) is 2.55. The van der Waals surface area contributed by atoms with E-state index < -0.39 is 11.7 Å². The van der Waals surface area contributed by atoms with Gasteiger partial charge in [0.05, 0.1) is 11.3 Å². The lowest BCUT2D eigenvalue weighted by Crippen LogP contribution is -2.32. The Bertz CT molecular complexity index is 698. The zero-order valence-electron chi connectivity index (χ0n) is 13.1. The molecular formula is C18H19FN2O2. The first-order valence-electron chi connectivity index (χ1n) is 7.48. The zero-order chi connectivity index (χ0) is 16.8. The summed E-state index contributed by atoms with van der Waals surface area (Å²) in [5, 5.41) is 5.56. The molecule has 0 spiro atoms. The van der Waals surface area contributed by atoms with Gasteiger partial charge in [0.15, 0.2) is 0 Å². The fourth-order valence-electron chi connectivity index (χ4n) is 1.99. The summed E-state index contributed by atoms with van der Waals surface area (Å²) in [6.45, 7) is 3.89. The molecule has 4 nitrogen and oxygen atoms in total. The van der Waals surface area contributed by atoms with Crippen LogP contribution in [0.25, 0.3) is 0 Å². The van der Waals surface area contributed by atoms with Crippen molar-refractivity contribution < 1.29 is 14.0 Å². The van der Waals surface area contributed by atoms with Crippen LogP contribution in [-0.2, 0) is 0 Å². The second-order valence-corrected chi connectivity index (χ2v) is 5.29. The summed E-state index contributed by atoms with van der Waals surface area (Å²) in [6, 6.07) is 12.1. The van der Waals surface area contributed by atoms with Gasteiger partial charge in [-0.2, -0.15) is 0 Å². The molecule has 120 valence electrons. The number of anilines is 1. The molecule has 0 saturated heterocycles. The van der Waals surface area contributed by atoms with Crippen LogP contribution in [0.2, 0.25) is 0 Å². The SMILES string of the molecule is CC[C@H](C)NC(=O)c1ccccc1NC(=O)c1ccc(F)cc1. The summed E-state index contributed by atoms with van der Waals surface area (Å²) < 4.78 is 12.9. The van der Waals surface area contributed by atoms with Crippen molar-refractivity contribution in [3.63, 3.8) is 0 Å². The van der Waals surface area contributed by atoms with E-state index in [0.717, 1.165) is 6.42 Å². The summed E-state index contributed by atoms with van der Waals surface area (Å²) in [6.07, 6.45) is 0.815. The fourth-order valence-corrected chi connectivity index (χ4v) is 1.99. The molecule has 0 aliphatic heterocycles. The van der Waals surface area contributed by atoms with Crippen molar-refractivity contribution in [1.29, 1.82) is 0 Å². The van der Waals surface area contributed by atoms with E-state index in [0.29, 0.717) is 16.8 Å². The van der Waals surface area contributed by atoms with Crippen LogP contribution in [-0.4, -0.2) is 17.9 Å². The number of hydrogen-bond acceptors (Lipinski definition) is 2. The van der Waals surface area contributed by atoms with Gasteiger partial charge in [-0.1, -0.05) is 19.1 Å². The minimum absolute atomic E-state index is 0.0448. The van der Waals surface area contributed by atoms with Crippen molar-refractivity contribution in [3.8, 4) is 0 Å². The van der Waals surface area contributed by atoms with Gasteiger partial charge in [0.2, 0.25) is 0 Å². The average molecular weight is 314 g/mol. The molecular weight excluding hydrogens is 295 g/mol. The number of amides is 2. The highest BCUT2D eigenvalue weighted by molar-refractivity contribution is 6.09. The van der Waals surface area contributed by atoms with Crippen molar-refractivity contribution >= 4 is 17.5 Å². The third-order valence-electron chi connectivity index (χ3n) is 3.52. The Balaban J connectivity index is 2.18. The molecule has 2 amide bonds. The van der Waals surface area contributed by atoms with Gasteiger partial charge in [-0.05, 0) is 49.7 Å². The van der Waals surface area contributed by atoms with Crippen molar-refractivity contribution in [2.75, 3.05) is 5.32 Å². The summed E-state index contributed by atoms with van der Waals surface area (Å²) in [5.74, 6) is -1.04. The van der Waals surface area contributed by atoms with Gasteiger partial charge < -0.3 is 10.6 Å². The number of carbonyl (C=O) groups excluding carboxylic acids is 2. The first-order valence-corrected chi connectivity index (χ1v) is 7.48. The Morgan fingerprint density at radius 2 is 1.70 bits per heavy atom. The van der Waals surface area contributed by atoms with E-state index >= 15 is 0 Å². The van der Waals surface area contributed by atoms with Gasteiger partial charge in [-0.15, -0.1) is 0 Å². The third kappa shape index (κ3) is 4.39. The molecule has 0 aliphatic rings. The number of nitrogens with one attached hydrogen (secondary N) is 2. The first kappa shape index (κ1) is 16.7. The molecule has 5 heteroatoms. The van der Waals surface area contributed by atoms with E-state index in [1.807, 2.05) is 13.8 Å². The van der Waals surface area contributed by atoms with Crippen LogP contribution >= 0.6 is 0 Å². The largest absolute Gasteiger partial charge is 0.350 e. The predicted octanol–water partition coefficient (Wildman–Crippen LogP) is 3.61. The van der Waals surface area contributed by atoms with Crippen LogP contribution in [0.4, 0.5) is 10.1 Å². The monoisotopic (exact) mass is 314 g/mol. The number of carbonyl (C=O) groups is 2. The van der Waals surface area contributed by atoms with Gasteiger partial charge in [-0.25, -0.2) is 4.39 Å². The number of rotatable bonds is 5. The van der Waals surface area contributed by atoms with Gasteiger partial charge >= 0.3 is 0 Å². The molecule has 0 aliphatic carbocycles. The molecule has 0 bridgehead atoms. The zero-order valence-corrected chi connectivity index (χ0v) is 13.1. The van der Waals surface area contributed by atoms with Crippen molar-refractivity contribution in [1.82, 2.24) is 5.32 Å². The molecule has 0 fully saturated rings. The van der Waals surface area contributed by atoms with Crippen molar-refractivity contribution in [2.45, 2.75) is 26.3 Å². The van der Waals surface area contributed by atoms with E-state index in [4.69, 9.17) is 0 Å². The van der Waals surface area contributed by atoms with E-state index in [9.17, 15) is 14.0 Å². The minimum atomic E-state index is -0.408. The van der Waals surface area contributed by atoms with E-state index in [1.54, 1.807) is 24.3 Å². The molecule has 2 aromatic rings. The number of halogens is 1. The van der Waals surface area contributed by atoms with E-state index in [1.165, 1.54) is 24.3 Å². The van der Waals surface area contributed by atoms with Crippen LogP contribution in [0.3, 0.4) is 0 Å². The number of para-hydroxylation sites is 1. The van der Waals surface area contributed by atoms with Gasteiger partial charge in [0.25, 0.3) is 11.8 Å². The molecule has 23 heavy (non-hydrogen) atoms. The summed E-state index contributed by atoms with van der Waals surface area (Å²) >= 11 is 0. The van der Waals surface area contributed by atoms with Crippen molar-refractivity contribution in [2.24, 2.45) is 0 Å². The lowest BCUT2D eigenvalue weighted by atomic mass is 10.1. The third-order valence-corrected chi connectivity index (χ3v) is 3.52. The molecule has 0 unspecified atom stereocenters. The standard InChI is InChI=1S/C18H19FN2O2/c1-3-12(2)20-18(23)15-6-4-5-7-16(15)21-17(22)13-8-10-14(19)11-9-13/h4-12H,3H2,1-2H3,(H,20,23)(H,21,22)/t12-/m0/s1. The topological polar surface area (TPSA) is 58.2 Å². The summed E-state index contributed by atoms with van der Waals surface area (Å²) in [5.41, 5.74) is 1.13. The Morgan fingerprint density at radius 1 is 1.04 bits per heavy atom. The Labute approximate surface area is 134 Å². The Kier molecular flexibility index (Phi) is 5.46.